The molecule has 0 saturated carbocycles. The molecule has 1 amide bonds. The third-order valence-corrected chi connectivity index (χ3v) is 3.21. The standard InChI is InChI=1S/C9H12N2O3S2.CH3NOS/c1-10(2)9(15)14-7(6-11(12)13)8-4-3-5-16-8;2-1(3)4/h3-5,7H,6H2,1-2H3;(H3,2,3,4). The Balaban J connectivity index is 0.000000796. The van der Waals surface area contributed by atoms with Gasteiger partial charge in [0.2, 0.25) is 6.54 Å². The molecule has 0 aliphatic carbocycles. The summed E-state index contributed by atoms with van der Waals surface area (Å²) < 4.78 is 5.39. The molecular formula is C10H15N3O4S3. The number of ether oxygens (including phenoxy) is 1. The van der Waals surface area contributed by atoms with Crippen LogP contribution in [0, 0.1) is 10.1 Å². The van der Waals surface area contributed by atoms with Crippen LogP contribution in [0.25, 0.3) is 0 Å². The number of hydrogen-bond donors (Lipinski definition) is 2. The molecule has 2 N–H and O–H groups in total. The predicted molar refractivity (Wildman–Crippen MR) is 84.9 cm³/mol. The molecule has 0 aliphatic heterocycles. The van der Waals surface area contributed by atoms with E-state index in [0.717, 1.165) is 4.88 Å². The summed E-state index contributed by atoms with van der Waals surface area (Å²) in [5, 5.41) is 12.0. The molecule has 0 bridgehead atoms. The van der Waals surface area contributed by atoms with Gasteiger partial charge in [-0.1, -0.05) is 18.7 Å². The summed E-state index contributed by atoms with van der Waals surface area (Å²) in [6.07, 6.45) is -0.607. The Kier molecular flexibility index (Phi) is 8.84. The summed E-state index contributed by atoms with van der Waals surface area (Å²) in [6.45, 7) is -0.283. The SMILES string of the molecule is CN(C)C(=S)OC(C[N+](=O)[O-])c1cccs1.NC(=O)S. The molecule has 1 rings (SSSR count). The van der Waals surface area contributed by atoms with Crippen molar-refractivity contribution in [3.8, 4) is 0 Å². The van der Waals surface area contributed by atoms with Gasteiger partial charge in [0.05, 0.1) is 4.88 Å². The van der Waals surface area contributed by atoms with Gasteiger partial charge < -0.3 is 15.4 Å². The lowest BCUT2D eigenvalue weighted by Gasteiger charge is -2.19. The number of nitrogens with zero attached hydrogens (tertiary/aromatic N) is 2. The van der Waals surface area contributed by atoms with Crippen LogP contribution in [0.5, 0.6) is 0 Å². The number of nitrogens with two attached hydrogens (primary N) is 1. The highest BCUT2D eigenvalue weighted by Crippen LogP contribution is 2.23. The van der Waals surface area contributed by atoms with Gasteiger partial charge in [0.1, 0.15) is 0 Å². The molecule has 1 heterocycles. The number of carbonyl (C=O) groups excluding carboxylic acids is 1. The van der Waals surface area contributed by atoms with Crippen molar-refractivity contribution in [1.29, 1.82) is 0 Å². The summed E-state index contributed by atoms with van der Waals surface area (Å²) >= 11 is 9.49. The van der Waals surface area contributed by atoms with Gasteiger partial charge in [-0.15, -0.1) is 11.3 Å². The van der Waals surface area contributed by atoms with Crippen LogP contribution in [0.3, 0.4) is 0 Å². The zero-order chi connectivity index (χ0) is 15.7. The average molecular weight is 337 g/mol. The maximum Gasteiger partial charge on any atom is 0.273 e. The first-order chi connectivity index (χ1) is 9.23. The van der Waals surface area contributed by atoms with Crippen LogP contribution in [0.4, 0.5) is 4.79 Å². The van der Waals surface area contributed by atoms with E-state index in [2.05, 4.69) is 18.4 Å². The van der Waals surface area contributed by atoms with E-state index < -0.39 is 16.3 Å². The van der Waals surface area contributed by atoms with Crippen LogP contribution >= 0.6 is 36.2 Å². The second-order valence-electron chi connectivity index (χ2n) is 3.64. The molecule has 0 spiro atoms. The molecular weight excluding hydrogens is 322 g/mol. The number of thiophene rings is 1. The van der Waals surface area contributed by atoms with Crippen molar-refractivity contribution in [2.75, 3.05) is 20.6 Å². The number of primary amides is 1. The first-order valence-corrected chi connectivity index (χ1v) is 6.99. The third kappa shape index (κ3) is 8.67. The number of amides is 1. The Hall–Kier alpha value is -1.39. The van der Waals surface area contributed by atoms with Crippen molar-refractivity contribution >= 4 is 46.6 Å². The number of hydrogen-bond acceptors (Lipinski definition) is 6. The fourth-order valence-electron chi connectivity index (χ4n) is 1.02. The molecule has 0 aromatic carbocycles. The van der Waals surface area contributed by atoms with E-state index >= 15 is 0 Å². The number of thiocarbonyl (C=S) groups is 1. The summed E-state index contributed by atoms with van der Waals surface area (Å²) in [5.74, 6) is 0. The van der Waals surface area contributed by atoms with Crippen LogP contribution < -0.4 is 5.73 Å². The summed E-state index contributed by atoms with van der Waals surface area (Å²) in [5.41, 5.74) is 4.34. The maximum absolute atomic E-state index is 10.5. The first kappa shape index (κ1) is 18.6. The van der Waals surface area contributed by atoms with Gasteiger partial charge in [0.25, 0.3) is 10.4 Å². The first-order valence-electron chi connectivity index (χ1n) is 5.25. The topological polar surface area (TPSA) is 98.7 Å². The maximum atomic E-state index is 10.5. The fraction of sp³-hybridized carbons (Fsp3) is 0.400. The highest BCUT2D eigenvalue weighted by atomic mass is 32.1. The molecule has 1 atom stereocenters. The highest BCUT2D eigenvalue weighted by molar-refractivity contribution is 7.96. The Morgan fingerprint density at radius 1 is 1.70 bits per heavy atom. The van der Waals surface area contributed by atoms with E-state index in [9.17, 15) is 10.1 Å². The van der Waals surface area contributed by atoms with Crippen molar-refractivity contribution < 1.29 is 14.5 Å². The lowest BCUT2D eigenvalue weighted by atomic mass is 10.3. The van der Waals surface area contributed by atoms with E-state index in [1.54, 1.807) is 25.1 Å². The Morgan fingerprint density at radius 3 is 2.60 bits per heavy atom. The number of carbonyl (C=O) groups is 1. The molecule has 20 heavy (non-hydrogen) atoms. The van der Waals surface area contributed by atoms with Crippen molar-refractivity contribution in [2.24, 2.45) is 5.73 Å². The van der Waals surface area contributed by atoms with Crippen LogP contribution in [0.2, 0.25) is 0 Å². The molecule has 1 aromatic heterocycles. The minimum atomic E-state index is -0.639. The van der Waals surface area contributed by atoms with Crippen molar-refractivity contribution in [1.82, 2.24) is 4.90 Å². The van der Waals surface area contributed by atoms with Crippen molar-refractivity contribution in [2.45, 2.75) is 6.10 Å². The van der Waals surface area contributed by atoms with Crippen molar-refractivity contribution in [3.63, 3.8) is 0 Å². The number of rotatable bonds is 4. The molecule has 7 nitrogen and oxygen atoms in total. The fourth-order valence-corrected chi connectivity index (χ4v) is 1.88. The quantitative estimate of drug-likeness (QED) is 0.377. The molecule has 0 fully saturated rings. The predicted octanol–water partition coefficient (Wildman–Crippen LogP) is 1.92. The van der Waals surface area contributed by atoms with Gasteiger partial charge in [0.15, 0.2) is 6.10 Å². The van der Waals surface area contributed by atoms with Gasteiger partial charge in [-0.25, -0.2) is 0 Å². The minimum absolute atomic E-state index is 0.250. The zero-order valence-electron chi connectivity index (χ0n) is 10.9. The van der Waals surface area contributed by atoms with E-state index in [1.807, 2.05) is 11.4 Å². The molecule has 0 saturated heterocycles. The Morgan fingerprint density at radius 2 is 2.25 bits per heavy atom. The average Bonchev–Trinajstić information content (AvgIpc) is 2.79. The number of nitro groups is 1. The van der Waals surface area contributed by atoms with Crippen LogP contribution in [-0.4, -0.2) is 40.9 Å². The molecule has 0 aliphatic rings. The molecule has 1 unspecified atom stereocenters. The summed E-state index contributed by atoms with van der Waals surface area (Å²) in [4.78, 5) is 21.6. The Bertz CT molecular complexity index is 447. The van der Waals surface area contributed by atoms with E-state index in [-0.39, 0.29) is 11.7 Å². The summed E-state index contributed by atoms with van der Waals surface area (Å²) in [6, 6.07) is 3.63. The van der Waals surface area contributed by atoms with Crippen LogP contribution in [-0.2, 0) is 4.74 Å². The normalized spacial score (nSPS) is 10.8. The molecule has 1 aromatic rings. The van der Waals surface area contributed by atoms with E-state index in [4.69, 9.17) is 21.7 Å². The lowest BCUT2D eigenvalue weighted by Crippen LogP contribution is -2.27. The molecule has 112 valence electrons. The second-order valence-corrected chi connectivity index (χ2v) is 5.41. The Labute approximate surface area is 131 Å². The van der Waals surface area contributed by atoms with E-state index in [1.165, 1.54) is 11.3 Å². The van der Waals surface area contributed by atoms with Gasteiger partial charge in [-0.3, -0.25) is 14.9 Å². The minimum Gasteiger partial charge on any atom is -0.455 e. The second kappa shape index (κ2) is 9.50. The third-order valence-electron chi connectivity index (χ3n) is 1.78. The lowest BCUT2D eigenvalue weighted by molar-refractivity contribution is -0.490. The zero-order valence-corrected chi connectivity index (χ0v) is 13.4. The van der Waals surface area contributed by atoms with Gasteiger partial charge in [-0.2, -0.15) is 0 Å². The highest BCUT2D eigenvalue weighted by Gasteiger charge is 2.22. The van der Waals surface area contributed by atoms with E-state index in [0.29, 0.717) is 0 Å². The smallest absolute Gasteiger partial charge is 0.273 e. The molecule has 0 radical (unpaired) electrons. The van der Waals surface area contributed by atoms with Crippen LogP contribution in [0.15, 0.2) is 17.5 Å². The van der Waals surface area contributed by atoms with Gasteiger partial charge in [0, 0.05) is 19.0 Å². The van der Waals surface area contributed by atoms with Crippen molar-refractivity contribution in [3.05, 3.63) is 32.5 Å². The number of thiol groups is 1. The molecule has 10 heteroatoms. The van der Waals surface area contributed by atoms with Crippen LogP contribution in [0.1, 0.15) is 11.0 Å². The van der Waals surface area contributed by atoms with Gasteiger partial charge >= 0.3 is 0 Å². The summed E-state index contributed by atoms with van der Waals surface area (Å²) in [7, 11) is 3.47. The monoisotopic (exact) mass is 337 g/mol. The largest absolute Gasteiger partial charge is 0.455 e. The van der Waals surface area contributed by atoms with Gasteiger partial charge in [-0.05, 0) is 23.7 Å².